The third-order valence-electron chi connectivity index (χ3n) is 3.16. The Kier molecular flexibility index (Phi) is 4.55. The highest BCUT2D eigenvalue weighted by Gasteiger charge is 2.15. The molecule has 0 fully saturated rings. The molecule has 0 bridgehead atoms. The number of nitrogens with two attached hydrogens (primary N) is 1. The molecule has 0 aliphatic heterocycles. The summed E-state index contributed by atoms with van der Waals surface area (Å²) in [6.45, 7) is 1.95. The van der Waals surface area contributed by atoms with Crippen molar-refractivity contribution in [2.24, 2.45) is 5.84 Å². The number of ether oxygens (including phenoxy) is 2. The Morgan fingerprint density at radius 1 is 1.05 bits per heavy atom. The molecule has 20 heavy (non-hydrogen) atoms. The molecule has 0 spiro atoms. The molecular weight excluding hydrogens is 254 g/mol. The maximum atomic E-state index is 5.71. The number of nitrogens with one attached hydrogen (secondary N) is 1. The van der Waals surface area contributed by atoms with E-state index >= 15 is 0 Å². The molecule has 0 amide bonds. The van der Waals surface area contributed by atoms with Crippen LogP contribution in [-0.2, 0) is 0 Å². The molecule has 1 aromatic heterocycles. The minimum atomic E-state index is -0.128. The summed E-state index contributed by atoms with van der Waals surface area (Å²) in [5.41, 5.74) is 5.82. The molecule has 1 unspecified atom stereocenters. The Balaban J connectivity index is 2.41. The summed E-state index contributed by atoms with van der Waals surface area (Å²) in [6, 6.07) is 9.56. The number of hydrogen-bond acceptors (Lipinski definition) is 5. The number of rotatable bonds is 5. The highest BCUT2D eigenvalue weighted by Crippen LogP contribution is 2.31. The van der Waals surface area contributed by atoms with Gasteiger partial charge in [-0.1, -0.05) is 6.07 Å². The van der Waals surface area contributed by atoms with Crippen LogP contribution >= 0.6 is 0 Å². The van der Waals surface area contributed by atoms with Crippen molar-refractivity contribution in [3.8, 4) is 11.5 Å². The van der Waals surface area contributed by atoms with E-state index in [9.17, 15) is 0 Å². The molecule has 1 atom stereocenters. The van der Waals surface area contributed by atoms with E-state index in [4.69, 9.17) is 15.3 Å². The zero-order valence-corrected chi connectivity index (χ0v) is 11.9. The second-order valence-corrected chi connectivity index (χ2v) is 4.44. The number of methoxy groups -OCH3 is 2. The lowest BCUT2D eigenvalue weighted by Crippen LogP contribution is -2.29. The van der Waals surface area contributed by atoms with E-state index in [-0.39, 0.29) is 6.04 Å². The zero-order valence-electron chi connectivity index (χ0n) is 11.9. The summed E-state index contributed by atoms with van der Waals surface area (Å²) in [5, 5.41) is 0. The van der Waals surface area contributed by atoms with Crippen molar-refractivity contribution in [3.63, 3.8) is 0 Å². The summed E-state index contributed by atoms with van der Waals surface area (Å²) in [7, 11) is 3.23. The highest BCUT2D eigenvalue weighted by molar-refractivity contribution is 5.45. The van der Waals surface area contributed by atoms with Crippen LogP contribution in [0.25, 0.3) is 0 Å². The molecule has 5 heteroatoms. The van der Waals surface area contributed by atoms with Crippen LogP contribution < -0.4 is 20.7 Å². The predicted octanol–water partition coefficient (Wildman–Crippen LogP) is 1.96. The molecule has 1 aromatic carbocycles. The van der Waals surface area contributed by atoms with Crippen LogP contribution in [0.5, 0.6) is 11.5 Å². The van der Waals surface area contributed by atoms with Crippen LogP contribution in [0.2, 0.25) is 0 Å². The quantitative estimate of drug-likeness (QED) is 0.644. The molecule has 0 radical (unpaired) electrons. The Morgan fingerprint density at radius 3 is 2.35 bits per heavy atom. The fourth-order valence-electron chi connectivity index (χ4n) is 2.16. The first kappa shape index (κ1) is 14.3. The fourth-order valence-corrected chi connectivity index (χ4v) is 2.16. The number of benzene rings is 1. The molecule has 0 aliphatic rings. The lowest BCUT2D eigenvalue weighted by atomic mass is 9.99. The van der Waals surface area contributed by atoms with Crippen molar-refractivity contribution in [2.75, 3.05) is 14.2 Å². The maximum absolute atomic E-state index is 5.71. The van der Waals surface area contributed by atoms with E-state index in [2.05, 4.69) is 10.4 Å². The second-order valence-electron chi connectivity index (χ2n) is 4.44. The van der Waals surface area contributed by atoms with Gasteiger partial charge in [-0.3, -0.25) is 10.8 Å². The van der Waals surface area contributed by atoms with E-state index in [1.807, 2.05) is 37.3 Å². The summed E-state index contributed by atoms with van der Waals surface area (Å²) < 4.78 is 10.6. The van der Waals surface area contributed by atoms with Gasteiger partial charge >= 0.3 is 0 Å². The molecule has 2 aromatic rings. The minimum absolute atomic E-state index is 0.128. The van der Waals surface area contributed by atoms with E-state index in [1.54, 1.807) is 20.4 Å². The van der Waals surface area contributed by atoms with Gasteiger partial charge in [0.25, 0.3) is 0 Å². The van der Waals surface area contributed by atoms with Crippen molar-refractivity contribution in [1.29, 1.82) is 0 Å². The Labute approximate surface area is 118 Å². The first-order valence-corrected chi connectivity index (χ1v) is 6.30. The van der Waals surface area contributed by atoms with Crippen molar-refractivity contribution in [3.05, 3.63) is 53.3 Å². The van der Waals surface area contributed by atoms with E-state index in [0.29, 0.717) is 11.5 Å². The number of aromatic nitrogens is 1. The lowest BCUT2D eigenvalue weighted by Gasteiger charge is -2.18. The number of aryl methyl sites for hydroxylation is 1. The highest BCUT2D eigenvalue weighted by atomic mass is 16.5. The molecule has 0 aliphatic carbocycles. The summed E-state index contributed by atoms with van der Waals surface area (Å²) in [4.78, 5) is 4.20. The zero-order chi connectivity index (χ0) is 14.5. The SMILES string of the molecule is COc1ccc(C(NN)c2ccnc(C)c2)cc1OC. The van der Waals surface area contributed by atoms with Crippen molar-refractivity contribution in [1.82, 2.24) is 10.4 Å². The maximum Gasteiger partial charge on any atom is 0.161 e. The number of hydrogen-bond donors (Lipinski definition) is 2. The van der Waals surface area contributed by atoms with Crippen molar-refractivity contribution >= 4 is 0 Å². The normalized spacial score (nSPS) is 12.0. The molecule has 0 saturated carbocycles. The third kappa shape index (κ3) is 2.89. The van der Waals surface area contributed by atoms with Crippen molar-refractivity contribution in [2.45, 2.75) is 13.0 Å². The average molecular weight is 273 g/mol. The van der Waals surface area contributed by atoms with Gasteiger partial charge in [-0.2, -0.15) is 0 Å². The monoisotopic (exact) mass is 273 g/mol. The third-order valence-corrected chi connectivity index (χ3v) is 3.16. The Hall–Kier alpha value is -2.11. The standard InChI is InChI=1S/C15H19N3O2/c1-10-8-12(6-7-17-10)15(18-16)11-4-5-13(19-2)14(9-11)20-3/h4-9,15,18H,16H2,1-3H3. The van der Waals surface area contributed by atoms with Gasteiger partial charge in [0, 0.05) is 11.9 Å². The smallest absolute Gasteiger partial charge is 0.161 e. The molecule has 3 N–H and O–H groups in total. The predicted molar refractivity (Wildman–Crippen MR) is 77.7 cm³/mol. The fraction of sp³-hybridized carbons (Fsp3) is 0.267. The Bertz CT molecular complexity index is 587. The minimum Gasteiger partial charge on any atom is -0.493 e. The van der Waals surface area contributed by atoms with Gasteiger partial charge in [0.15, 0.2) is 11.5 Å². The first-order valence-electron chi connectivity index (χ1n) is 6.30. The topological polar surface area (TPSA) is 69.4 Å². The van der Waals surface area contributed by atoms with Gasteiger partial charge in [-0.15, -0.1) is 0 Å². The average Bonchev–Trinajstić information content (AvgIpc) is 2.48. The van der Waals surface area contributed by atoms with Gasteiger partial charge < -0.3 is 9.47 Å². The van der Waals surface area contributed by atoms with Crippen molar-refractivity contribution < 1.29 is 9.47 Å². The lowest BCUT2D eigenvalue weighted by molar-refractivity contribution is 0.354. The molecule has 0 saturated heterocycles. The van der Waals surface area contributed by atoms with E-state index in [1.165, 1.54) is 0 Å². The summed E-state index contributed by atoms with van der Waals surface area (Å²) >= 11 is 0. The van der Waals surface area contributed by atoms with Gasteiger partial charge in [0.05, 0.1) is 20.3 Å². The number of nitrogens with zero attached hydrogens (tertiary/aromatic N) is 1. The molecule has 2 rings (SSSR count). The largest absolute Gasteiger partial charge is 0.493 e. The van der Waals surface area contributed by atoms with Crippen LogP contribution in [0.4, 0.5) is 0 Å². The van der Waals surface area contributed by atoms with E-state index < -0.39 is 0 Å². The second kappa shape index (κ2) is 6.36. The van der Waals surface area contributed by atoms with Crippen LogP contribution in [0, 0.1) is 6.92 Å². The molecule has 1 heterocycles. The van der Waals surface area contributed by atoms with Gasteiger partial charge in [0.2, 0.25) is 0 Å². The summed E-state index contributed by atoms with van der Waals surface area (Å²) in [6.07, 6.45) is 1.77. The Morgan fingerprint density at radius 2 is 1.75 bits per heavy atom. The van der Waals surface area contributed by atoms with Crippen LogP contribution in [0.3, 0.4) is 0 Å². The van der Waals surface area contributed by atoms with Gasteiger partial charge in [-0.05, 0) is 42.3 Å². The first-order chi connectivity index (χ1) is 9.69. The number of hydrazine groups is 1. The molecular formula is C15H19N3O2. The van der Waals surface area contributed by atoms with Gasteiger partial charge in [0.1, 0.15) is 0 Å². The van der Waals surface area contributed by atoms with Crippen LogP contribution in [-0.4, -0.2) is 19.2 Å². The summed E-state index contributed by atoms with van der Waals surface area (Å²) in [5.74, 6) is 7.08. The van der Waals surface area contributed by atoms with Crippen LogP contribution in [0.1, 0.15) is 22.9 Å². The van der Waals surface area contributed by atoms with E-state index in [0.717, 1.165) is 16.8 Å². The molecule has 5 nitrogen and oxygen atoms in total. The number of pyridine rings is 1. The van der Waals surface area contributed by atoms with Gasteiger partial charge in [-0.25, -0.2) is 5.43 Å². The molecule has 106 valence electrons. The van der Waals surface area contributed by atoms with Crippen LogP contribution in [0.15, 0.2) is 36.5 Å².